The topological polar surface area (TPSA) is 54.1 Å². The van der Waals surface area contributed by atoms with E-state index in [1.807, 2.05) is 31.2 Å². The van der Waals surface area contributed by atoms with Gasteiger partial charge in [0.15, 0.2) is 0 Å². The third kappa shape index (κ3) is 4.15. The minimum absolute atomic E-state index is 0.101. The quantitative estimate of drug-likeness (QED) is 0.619. The molecule has 2 heterocycles. The van der Waals surface area contributed by atoms with Crippen molar-refractivity contribution in [2.45, 2.75) is 35.7 Å². The Kier molecular flexibility index (Phi) is 5.43. The van der Waals surface area contributed by atoms with Crippen molar-refractivity contribution in [3.8, 4) is 0 Å². The molecule has 1 atom stereocenters. The minimum atomic E-state index is -0.101. The molecule has 0 aliphatic carbocycles. The third-order valence-electron chi connectivity index (χ3n) is 4.68. The number of benzene rings is 2. The number of aryl methyl sites for hydroxylation is 1. The number of aromatic nitrogens is 1. The van der Waals surface area contributed by atoms with Crippen LogP contribution in [0.3, 0.4) is 0 Å². The summed E-state index contributed by atoms with van der Waals surface area (Å²) in [7, 11) is 0. The first-order valence-corrected chi connectivity index (χ1v) is 10.2. The predicted octanol–water partition coefficient (Wildman–Crippen LogP) is 5.19. The van der Waals surface area contributed by atoms with Crippen LogP contribution in [-0.2, 0) is 4.74 Å². The van der Waals surface area contributed by atoms with Gasteiger partial charge in [0.1, 0.15) is 5.69 Å². The lowest BCUT2D eigenvalue weighted by Crippen LogP contribution is -2.32. The number of hydrogen-bond donors (Lipinski definition) is 2. The molecule has 6 heteroatoms. The van der Waals surface area contributed by atoms with E-state index in [4.69, 9.17) is 16.3 Å². The Morgan fingerprint density at radius 3 is 2.85 bits per heavy atom. The first kappa shape index (κ1) is 18.4. The van der Waals surface area contributed by atoms with Crippen molar-refractivity contribution < 1.29 is 9.53 Å². The number of ether oxygens (including phenoxy) is 1. The number of nitrogens with one attached hydrogen (secondary N) is 2. The molecule has 140 valence electrons. The van der Waals surface area contributed by atoms with Gasteiger partial charge in [-0.2, -0.15) is 0 Å². The Morgan fingerprint density at radius 2 is 2.11 bits per heavy atom. The number of amides is 1. The highest BCUT2D eigenvalue weighted by molar-refractivity contribution is 7.99. The number of aromatic amines is 1. The zero-order valence-corrected chi connectivity index (χ0v) is 16.6. The molecule has 1 fully saturated rings. The molecule has 2 aromatic carbocycles. The summed E-state index contributed by atoms with van der Waals surface area (Å²) in [5.74, 6) is -0.101. The van der Waals surface area contributed by atoms with Crippen molar-refractivity contribution in [2.75, 3.05) is 13.2 Å². The smallest absolute Gasteiger partial charge is 0.269 e. The van der Waals surface area contributed by atoms with Gasteiger partial charge in [0.05, 0.1) is 11.0 Å². The van der Waals surface area contributed by atoms with Crippen LogP contribution in [-0.4, -0.2) is 30.1 Å². The van der Waals surface area contributed by atoms with E-state index in [2.05, 4.69) is 28.5 Å². The lowest BCUT2D eigenvalue weighted by molar-refractivity contribution is 0.0852. The van der Waals surface area contributed by atoms with E-state index in [1.165, 1.54) is 0 Å². The molecule has 3 aromatic rings. The summed E-state index contributed by atoms with van der Waals surface area (Å²) in [5.41, 5.74) is 2.71. The van der Waals surface area contributed by atoms with Crippen molar-refractivity contribution in [1.29, 1.82) is 0 Å². The van der Waals surface area contributed by atoms with Gasteiger partial charge in [-0.1, -0.05) is 35.5 Å². The molecular formula is C21H21ClN2O2S. The van der Waals surface area contributed by atoms with Gasteiger partial charge in [0.25, 0.3) is 5.91 Å². The Labute approximate surface area is 167 Å². The molecule has 0 bridgehead atoms. The van der Waals surface area contributed by atoms with Gasteiger partial charge >= 0.3 is 0 Å². The lowest BCUT2D eigenvalue weighted by Gasteiger charge is -2.11. The van der Waals surface area contributed by atoms with E-state index in [0.717, 1.165) is 45.7 Å². The maximum absolute atomic E-state index is 12.9. The van der Waals surface area contributed by atoms with Crippen LogP contribution in [0, 0.1) is 6.92 Å². The summed E-state index contributed by atoms with van der Waals surface area (Å²) in [4.78, 5) is 18.2. The molecule has 1 aromatic heterocycles. The number of fused-ring (bicyclic) bond motifs is 1. The van der Waals surface area contributed by atoms with Crippen LogP contribution in [0.4, 0.5) is 0 Å². The largest absolute Gasteiger partial charge is 0.376 e. The molecule has 1 amide bonds. The fourth-order valence-corrected chi connectivity index (χ4v) is 4.44. The summed E-state index contributed by atoms with van der Waals surface area (Å²) in [6.07, 6.45) is 2.18. The van der Waals surface area contributed by atoms with Gasteiger partial charge < -0.3 is 15.0 Å². The zero-order chi connectivity index (χ0) is 18.8. The van der Waals surface area contributed by atoms with E-state index in [0.29, 0.717) is 17.3 Å². The van der Waals surface area contributed by atoms with Gasteiger partial charge in [0, 0.05) is 34.0 Å². The van der Waals surface area contributed by atoms with Crippen molar-refractivity contribution in [3.63, 3.8) is 0 Å². The number of halogens is 1. The summed E-state index contributed by atoms with van der Waals surface area (Å²) >= 11 is 7.57. The van der Waals surface area contributed by atoms with E-state index in [1.54, 1.807) is 11.8 Å². The molecule has 0 radical (unpaired) electrons. The molecular weight excluding hydrogens is 380 g/mol. The molecule has 1 saturated heterocycles. The van der Waals surface area contributed by atoms with Crippen molar-refractivity contribution in [3.05, 3.63) is 58.7 Å². The number of carbonyl (C=O) groups excluding carboxylic acids is 1. The van der Waals surface area contributed by atoms with Crippen molar-refractivity contribution >= 4 is 40.2 Å². The second-order valence-electron chi connectivity index (χ2n) is 6.78. The fourth-order valence-electron chi connectivity index (χ4n) is 3.27. The van der Waals surface area contributed by atoms with Crippen LogP contribution in [0.25, 0.3) is 10.9 Å². The standard InChI is InChI=1S/C21H21ClN2O2S/c1-13-4-9-17-18(11-13)24-19(21(25)23-12-15-3-2-10-26-15)20(17)27-16-7-5-14(22)6-8-16/h4-9,11,15,24H,2-3,10,12H2,1H3,(H,23,25). The van der Waals surface area contributed by atoms with E-state index in [9.17, 15) is 4.79 Å². The normalized spacial score (nSPS) is 16.7. The van der Waals surface area contributed by atoms with E-state index >= 15 is 0 Å². The predicted molar refractivity (Wildman–Crippen MR) is 110 cm³/mol. The highest BCUT2D eigenvalue weighted by Gasteiger charge is 2.21. The van der Waals surface area contributed by atoms with Gasteiger partial charge in [-0.25, -0.2) is 0 Å². The number of H-pyrrole nitrogens is 1. The average Bonchev–Trinajstić information content (AvgIpc) is 3.29. The summed E-state index contributed by atoms with van der Waals surface area (Å²) in [6.45, 7) is 3.37. The van der Waals surface area contributed by atoms with Gasteiger partial charge in [-0.15, -0.1) is 0 Å². The zero-order valence-electron chi connectivity index (χ0n) is 15.0. The molecule has 2 N–H and O–H groups in total. The van der Waals surface area contributed by atoms with Gasteiger partial charge in [-0.05, 0) is 55.7 Å². The number of carbonyl (C=O) groups is 1. The Bertz CT molecular complexity index is 962. The van der Waals surface area contributed by atoms with Crippen LogP contribution < -0.4 is 5.32 Å². The first-order chi connectivity index (χ1) is 13.1. The Balaban J connectivity index is 1.65. The maximum atomic E-state index is 12.9. The van der Waals surface area contributed by atoms with Gasteiger partial charge in [0.2, 0.25) is 0 Å². The molecule has 0 spiro atoms. The van der Waals surface area contributed by atoms with E-state index in [-0.39, 0.29) is 12.0 Å². The number of rotatable bonds is 5. The highest BCUT2D eigenvalue weighted by atomic mass is 35.5. The lowest BCUT2D eigenvalue weighted by atomic mass is 10.2. The summed E-state index contributed by atoms with van der Waals surface area (Å²) < 4.78 is 5.61. The SMILES string of the molecule is Cc1ccc2c(Sc3ccc(Cl)cc3)c(C(=O)NCC3CCCO3)[nH]c2c1. The Hall–Kier alpha value is -1.95. The van der Waals surface area contributed by atoms with Crippen LogP contribution in [0.2, 0.25) is 5.02 Å². The van der Waals surface area contributed by atoms with Crippen LogP contribution in [0.1, 0.15) is 28.9 Å². The molecule has 1 unspecified atom stereocenters. The van der Waals surface area contributed by atoms with Crippen LogP contribution in [0.5, 0.6) is 0 Å². The molecule has 1 aliphatic heterocycles. The number of hydrogen-bond acceptors (Lipinski definition) is 3. The Morgan fingerprint density at radius 1 is 1.30 bits per heavy atom. The minimum Gasteiger partial charge on any atom is -0.376 e. The van der Waals surface area contributed by atoms with E-state index < -0.39 is 0 Å². The molecule has 27 heavy (non-hydrogen) atoms. The van der Waals surface area contributed by atoms with Crippen LogP contribution >= 0.6 is 23.4 Å². The monoisotopic (exact) mass is 400 g/mol. The van der Waals surface area contributed by atoms with Crippen molar-refractivity contribution in [2.24, 2.45) is 0 Å². The first-order valence-electron chi connectivity index (χ1n) is 9.06. The van der Waals surface area contributed by atoms with Gasteiger partial charge in [-0.3, -0.25) is 4.79 Å². The second kappa shape index (κ2) is 7.97. The summed E-state index contributed by atoms with van der Waals surface area (Å²) in [5, 5.41) is 4.76. The molecule has 4 rings (SSSR count). The molecule has 4 nitrogen and oxygen atoms in total. The summed E-state index contributed by atoms with van der Waals surface area (Å²) in [6, 6.07) is 13.9. The van der Waals surface area contributed by atoms with Crippen LogP contribution in [0.15, 0.2) is 52.3 Å². The maximum Gasteiger partial charge on any atom is 0.269 e. The molecule has 1 aliphatic rings. The third-order valence-corrected chi connectivity index (χ3v) is 6.07. The highest BCUT2D eigenvalue weighted by Crippen LogP contribution is 2.37. The average molecular weight is 401 g/mol. The second-order valence-corrected chi connectivity index (χ2v) is 8.30. The molecule has 0 saturated carbocycles. The fraction of sp³-hybridized carbons (Fsp3) is 0.286. The van der Waals surface area contributed by atoms with Crippen molar-refractivity contribution in [1.82, 2.24) is 10.3 Å².